The molecule has 1 heterocycles. The van der Waals surface area contributed by atoms with Gasteiger partial charge in [-0.25, -0.2) is 0 Å². The summed E-state index contributed by atoms with van der Waals surface area (Å²) in [5.74, 6) is 0.789. The van der Waals surface area contributed by atoms with E-state index in [1.807, 2.05) is 4.90 Å². The molecule has 0 bridgehead atoms. The number of hydrogen-bond acceptors (Lipinski definition) is 2. The third-order valence-electron chi connectivity index (χ3n) is 2.92. The molecule has 88 valence electrons. The highest BCUT2D eigenvalue weighted by Gasteiger charge is 2.27. The van der Waals surface area contributed by atoms with Gasteiger partial charge in [0.15, 0.2) is 0 Å². The number of rotatable bonds is 6. The number of aliphatic hydroxyl groups is 1. The lowest BCUT2D eigenvalue weighted by Gasteiger charge is -2.24. The lowest BCUT2D eigenvalue weighted by atomic mass is 10.1. The molecule has 15 heavy (non-hydrogen) atoms. The zero-order chi connectivity index (χ0) is 11.1. The Balaban J connectivity index is 2.34. The lowest BCUT2D eigenvalue weighted by Crippen LogP contribution is -2.35. The second-order valence-electron chi connectivity index (χ2n) is 4.04. The van der Waals surface area contributed by atoms with Crippen LogP contribution in [0, 0.1) is 0 Å². The molecule has 0 aromatic carbocycles. The molecule has 1 aliphatic heterocycles. The predicted molar refractivity (Wildman–Crippen MR) is 61.0 cm³/mol. The van der Waals surface area contributed by atoms with Gasteiger partial charge in [-0.05, 0) is 32.1 Å². The molecule has 1 atom stereocenters. The molecule has 3 nitrogen and oxygen atoms in total. The number of alkyl halides is 1. The maximum Gasteiger partial charge on any atom is 0.222 e. The zero-order valence-corrected chi connectivity index (χ0v) is 9.88. The standard InChI is InChI=1S/C11H20ClNO2/c12-7-1-6-11(15)13-8-2-4-10(13)5-3-9-14/h10,14H,1-9H2. The van der Waals surface area contributed by atoms with Crippen molar-refractivity contribution in [3.8, 4) is 0 Å². The highest BCUT2D eigenvalue weighted by atomic mass is 35.5. The second-order valence-corrected chi connectivity index (χ2v) is 4.42. The van der Waals surface area contributed by atoms with Crippen LogP contribution in [0.15, 0.2) is 0 Å². The highest BCUT2D eigenvalue weighted by Crippen LogP contribution is 2.22. The van der Waals surface area contributed by atoms with E-state index in [2.05, 4.69) is 0 Å². The molecule has 1 aliphatic rings. The maximum absolute atomic E-state index is 11.8. The molecule has 0 aliphatic carbocycles. The third kappa shape index (κ3) is 3.99. The zero-order valence-electron chi connectivity index (χ0n) is 9.12. The van der Waals surface area contributed by atoms with Gasteiger partial charge in [-0.3, -0.25) is 4.79 Å². The average Bonchev–Trinajstić information content (AvgIpc) is 2.71. The van der Waals surface area contributed by atoms with E-state index in [4.69, 9.17) is 16.7 Å². The number of likely N-dealkylation sites (tertiary alicyclic amines) is 1. The summed E-state index contributed by atoms with van der Waals surface area (Å²) < 4.78 is 0. The molecule has 0 saturated carbocycles. The Bertz CT molecular complexity index is 199. The molecule has 0 aromatic heterocycles. The number of nitrogens with zero attached hydrogens (tertiary/aromatic N) is 1. The molecular formula is C11H20ClNO2. The summed E-state index contributed by atoms with van der Waals surface area (Å²) in [7, 11) is 0. The van der Waals surface area contributed by atoms with Crippen molar-refractivity contribution in [1.29, 1.82) is 0 Å². The summed E-state index contributed by atoms with van der Waals surface area (Å²) in [6.45, 7) is 1.11. The number of aliphatic hydroxyl groups excluding tert-OH is 1. The van der Waals surface area contributed by atoms with E-state index < -0.39 is 0 Å². The molecule has 1 amide bonds. The van der Waals surface area contributed by atoms with Gasteiger partial charge in [-0.2, -0.15) is 0 Å². The van der Waals surface area contributed by atoms with Crippen molar-refractivity contribution in [2.45, 2.75) is 44.6 Å². The van der Waals surface area contributed by atoms with E-state index >= 15 is 0 Å². The molecule has 1 rings (SSSR count). The van der Waals surface area contributed by atoms with Gasteiger partial charge >= 0.3 is 0 Å². The Morgan fingerprint density at radius 1 is 1.47 bits per heavy atom. The van der Waals surface area contributed by atoms with E-state index in [1.54, 1.807) is 0 Å². The first kappa shape index (κ1) is 12.8. The fraction of sp³-hybridized carbons (Fsp3) is 0.909. The number of halogens is 1. The Hall–Kier alpha value is -0.280. The first-order valence-corrected chi connectivity index (χ1v) is 6.29. The minimum Gasteiger partial charge on any atom is -0.396 e. The van der Waals surface area contributed by atoms with Gasteiger partial charge in [-0.15, -0.1) is 11.6 Å². The first-order valence-electron chi connectivity index (χ1n) is 5.76. The fourth-order valence-electron chi connectivity index (χ4n) is 2.15. The molecule has 4 heteroatoms. The van der Waals surface area contributed by atoms with E-state index in [0.717, 1.165) is 38.6 Å². The van der Waals surface area contributed by atoms with Crippen LogP contribution in [-0.4, -0.2) is 41.0 Å². The Labute approximate surface area is 96.4 Å². The van der Waals surface area contributed by atoms with Crippen molar-refractivity contribution in [1.82, 2.24) is 4.90 Å². The van der Waals surface area contributed by atoms with Gasteiger partial charge in [0.2, 0.25) is 5.91 Å². The Morgan fingerprint density at radius 2 is 2.27 bits per heavy atom. The van der Waals surface area contributed by atoms with Crippen LogP contribution < -0.4 is 0 Å². The number of carbonyl (C=O) groups is 1. The lowest BCUT2D eigenvalue weighted by molar-refractivity contribution is -0.132. The summed E-state index contributed by atoms with van der Waals surface area (Å²) >= 11 is 5.57. The van der Waals surface area contributed by atoms with Crippen LogP contribution in [0.4, 0.5) is 0 Å². The van der Waals surface area contributed by atoms with Crippen LogP contribution >= 0.6 is 11.6 Å². The smallest absolute Gasteiger partial charge is 0.222 e. The van der Waals surface area contributed by atoms with Crippen LogP contribution in [0.3, 0.4) is 0 Å². The molecule has 1 saturated heterocycles. The van der Waals surface area contributed by atoms with E-state index in [9.17, 15) is 4.79 Å². The second kappa shape index (κ2) is 7.07. The molecule has 0 aromatic rings. The van der Waals surface area contributed by atoms with E-state index in [0.29, 0.717) is 18.3 Å². The summed E-state index contributed by atoms with van der Waals surface area (Å²) in [6, 6.07) is 0.361. The van der Waals surface area contributed by atoms with Crippen molar-refractivity contribution in [3.63, 3.8) is 0 Å². The van der Waals surface area contributed by atoms with Crippen LogP contribution in [0.2, 0.25) is 0 Å². The van der Waals surface area contributed by atoms with Crippen molar-refractivity contribution in [3.05, 3.63) is 0 Å². The topological polar surface area (TPSA) is 40.5 Å². The van der Waals surface area contributed by atoms with Crippen LogP contribution in [0.1, 0.15) is 38.5 Å². The minimum atomic E-state index is 0.222. The normalized spacial score (nSPS) is 20.9. The van der Waals surface area contributed by atoms with Gasteiger partial charge in [0, 0.05) is 31.5 Å². The number of amides is 1. The third-order valence-corrected chi connectivity index (χ3v) is 3.18. The molecule has 1 unspecified atom stereocenters. The summed E-state index contributed by atoms with van der Waals surface area (Å²) in [5.41, 5.74) is 0. The predicted octanol–water partition coefficient (Wildman–Crippen LogP) is 1.77. The van der Waals surface area contributed by atoms with E-state index in [-0.39, 0.29) is 12.5 Å². The molecular weight excluding hydrogens is 214 g/mol. The quantitative estimate of drug-likeness (QED) is 0.711. The number of carbonyl (C=O) groups excluding carboxylic acids is 1. The highest BCUT2D eigenvalue weighted by molar-refractivity contribution is 6.17. The van der Waals surface area contributed by atoms with E-state index in [1.165, 1.54) is 0 Å². The molecule has 1 fully saturated rings. The van der Waals surface area contributed by atoms with Gasteiger partial charge in [-0.1, -0.05) is 0 Å². The largest absolute Gasteiger partial charge is 0.396 e. The molecule has 0 spiro atoms. The monoisotopic (exact) mass is 233 g/mol. The van der Waals surface area contributed by atoms with Crippen molar-refractivity contribution >= 4 is 17.5 Å². The Morgan fingerprint density at radius 3 is 2.93 bits per heavy atom. The maximum atomic E-state index is 11.8. The fourth-order valence-corrected chi connectivity index (χ4v) is 2.29. The van der Waals surface area contributed by atoms with Crippen LogP contribution in [0.5, 0.6) is 0 Å². The van der Waals surface area contributed by atoms with Gasteiger partial charge in [0.25, 0.3) is 0 Å². The first-order chi connectivity index (χ1) is 7.29. The summed E-state index contributed by atoms with van der Waals surface area (Å²) in [6.07, 6.45) is 5.26. The van der Waals surface area contributed by atoms with Crippen LogP contribution in [-0.2, 0) is 4.79 Å². The van der Waals surface area contributed by atoms with Crippen molar-refractivity contribution in [2.75, 3.05) is 19.0 Å². The Kier molecular flexibility index (Phi) is 6.03. The van der Waals surface area contributed by atoms with Crippen LogP contribution in [0.25, 0.3) is 0 Å². The summed E-state index contributed by atoms with van der Waals surface area (Å²) in [5, 5.41) is 8.77. The van der Waals surface area contributed by atoms with Gasteiger partial charge in [0.05, 0.1) is 0 Å². The van der Waals surface area contributed by atoms with Gasteiger partial charge < -0.3 is 10.0 Å². The van der Waals surface area contributed by atoms with Crippen molar-refractivity contribution < 1.29 is 9.90 Å². The molecule has 1 N–H and O–H groups in total. The average molecular weight is 234 g/mol. The molecule has 0 radical (unpaired) electrons. The SMILES string of the molecule is O=C(CCCCl)N1CCCC1CCCO. The summed E-state index contributed by atoms with van der Waals surface area (Å²) in [4.78, 5) is 13.8. The van der Waals surface area contributed by atoms with Gasteiger partial charge in [0.1, 0.15) is 0 Å². The minimum absolute atomic E-state index is 0.222. The van der Waals surface area contributed by atoms with Crippen molar-refractivity contribution in [2.24, 2.45) is 0 Å². The number of hydrogen-bond donors (Lipinski definition) is 1.